The fourth-order valence-corrected chi connectivity index (χ4v) is 4.66. The van der Waals surface area contributed by atoms with Crippen molar-refractivity contribution in [3.63, 3.8) is 0 Å². The number of phenols is 1. The molecular weight excluding hydrogens is 460 g/mol. The number of rotatable bonds is 0. The molecule has 5 rings (SSSR count). The number of aromatic nitrogens is 4. The zero-order valence-corrected chi connectivity index (χ0v) is 17.5. The van der Waals surface area contributed by atoms with Crippen LogP contribution in [0.4, 0.5) is 5.82 Å². The number of imidazole rings is 1. The lowest BCUT2D eigenvalue weighted by atomic mass is 10.0. The normalized spacial score (nSPS) is 27.0. The first-order valence-electron chi connectivity index (χ1n) is 9.67. The fraction of sp³-hybridized carbons (Fsp3) is 0.333. The van der Waals surface area contributed by atoms with Crippen LogP contribution in [0.1, 0.15) is 28.0 Å². The second kappa shape index (κ2) is 7.60. The number of phenolic OH excluding ortho intramolecular Hbond substituents is 1. The summed E-state index contributed by atoms with van der Waals surface area (Å²) in [6.07, 6.45) is -4.47. The molecule has 3 aromatic rings. The average molecular weight is 478 g/mol. The zero-order chi connectivity index (χ0) is 23.5. The largest absolute Gasteiger partial charge is 0.507 e. The number of hydrogen-bond acceptors (Lipinski definition) is 12. The van der Waals surface area contributed by atoms with Gasteiger partial charge < -0.3 is 25.8 Å². The highest BCUT2D eigenvalue weighted by Gasteiger charge is 2.46. The number of hydrogen-bond donors (Lipinski definition) is 5. The standard InChI is InChI=1S/C18H18N6O8S/c19-15-12-16(21-6-20-15)24-10(22-12)4-7-2-1-3-8(25)11(7)17(28)23-33(29,30)31-5-9-13(26)14(27)18(24)32-9/h1-3,6,9,13-14,18,25-27H,4-5H2,(H,23,28)(H2,19,20,21)/t9-,13-,14-,18-/m1/s1. The number of ether oxygens (including phenoxy) is 1. The maximum absolute atomic E-state index is 12.7. The Bertz CT molecular complexity index is 1380. The van der Waals surface area contributed by atoms with Crippen molar-refractivity contribution in [1.29, 1.82) is 0 Å². The Morgan fingerprint density at radius 1 is 1.21 bits per heavy atom. The minimum Gasteiger partial charge on any atom is -0.507 e. The SMILES string of the molecule is Nc1ncnc2c1nc1n2[C@@H]2O[C@H](COS(=O)(=O)NC(=O)c3c(O)cccc3C1)[C@@H](O)[C@H]2O. The van der Waals surface area contributed by atoms with E-state index in [9.17, 15) is 28.5 Å². The minimum absolute atomic E-state index is 0.0500. The first-order chi connectivity index (χ1) is 15.7. The van der Waals surface area contributed by atoms with Gasteiger partial charge in [-0.3, -0.25) is 13.5 Å². The predicted octanol–water partition coefficient (Wildman–Crippen LogP) is -1.67. The third-order valence-corrected chi connectivity index (χ3v) is 6.36. The summed E-state index contributed by atoms with van der Waals surface area (Å²) in [7, 11) is -4.63. The van der Waals surface area contributed by atoms with Crippen LogP contribution >= 0.6 is 0 Å². The molecule has 2 aromatic heterocycles. The smallest absolute Gasteiger partial charge is 0.362 e. The molecule has 33 heavy (non-hydrogen) atoms. The van der Waals surface area contributed by atoms with Gasteiger partial charge in [0.25, 0.3) is 5.91 Å². The van der Waals surface area contributed by atoms with Gasteiger partial charge in [-0.05, 0) is 11.6 Å². The van der Waals surface area contributed by atoms with Crippen molar-refractivity contribution in [3.8, 4) is 5.75 Å². The van der Waals surface area contributed by atoms with Crippen LogP contribution in [0.3, 0.4) is 0 Å². The summed E-state index contributed by atoms with van der Waals surface area (Å²) >= 11 is 0. The molecule has 4 atom stereocenters. The number of anilines is 1. The topological polar surface area (TPSA) is 212 Å². The van der Waals surface area contributed by atoms with Crippen LogP contribution in [0.2, 0.25) is 0 Å². The summed E-state index contributed by atoms with van der Waals surface area (Å²) < 4.78 is 38.2. The summed E-state index contributed by atoms with van der Waals surface area (Å²) in [4.78, 5) is 25.3. The Morgan fingerprint density at radius 2 is 2.00 bits per heavy atom. The molecule has 2 aliphatic heterocycles. The summed E-state index contributed by atoms with van der Waals surface area (Å²) in [6.45, 7) is -0.704. The van der Waals surface area contributed by atoms with E-state index in [4.69, 9.17) is 14.7 Å². The van der Waals surface area contributed by atoms with Crippen LogP contribution in [-0.4, -0.2) is 74.1 Å². The number of amides is 1. The van der Waals surface area contributed by atoms with Crippen molar-refractivity contribution >= 4 is 33.2 Å². The van der Waals surface area contributed by atoms with Crippen molar-refractivity contribution in [3.05, 3.63) is 41.5 Å². The number of nitrogen functional groups attached to an aromatic ring is 1. The molecular formula is C18H18N6O8S. The average Bonchev–Trinajstić information content (AvgIpc) is 3.24. The van der Waals surface area contributed by atoms with Gasteiger partial charge >= 0.3 is 10.3 Å². The predicted molar refractivity (Wildman–Crippen MR) is 109 cm³/mol. The molecule has 1 fully saturated rings. The molecule has 174 valence electrons. The molecule has 14 nitrogen and oxygen atoms in total. The van der Waals surface area contributed by atoms with E-state index in [-0.39, 0.29) is 40.4 Å². The third kappa shape index (κ3) is 3.55. The van der Waals surface area contributed by atoms with Crippen LogP contribution in [-0.2, 0) is 25.6 Å². The van der Waals surface area contributed by atoms with E-state index in [2.05, 4.69) is 15.0 Å². The van der Waals surface area contributed by atoms with Crippen molar-refractivity contribution in [2.75, 3.05) is 12.3 Å². The van der Waals surface area contributed by atoms with Gasteiger partial charge in [-0.2, -0.15) is 8.42 Å². The van der Waals surface area contributed by atoms with Crippen LogP contribution in [0.5, 0.6) is 5.75 Å². The van der Waals surface area contributed by atoms with E-state index in [0.717, 1.165) is 0 Å². The minimum atomic E-state index is -4.63. The highest BCUT2D eigenvalue weighted by atomic mass is 32.2. The number of fused-ring (bicyclic) bond motifs is 7. The van der Waals surface area contributed by atoms with E-state index in [1.165, 1.54) is 29.1 Å². The molecule has 4 heterocycles. The van der Waals surface area contributed by atoms with E-state index in [1.54, 1.807) is 4.72 Å². The van der Waals surface area contributed by atoms with Gasteiger partial charge in [-0.15, -0.1) is 0 Å². The van der Waals surface area contributed by atoms with Crippen molar-refractivity contribution in [2.24, 2.45) is 0 Å². The van der Waals surface area contributed by atoms with E-state index < -0.39 is 53.1 Å². The van der Waals surface area contributed by atoms with Gasteiger partial charge in [0.1, 0.15) is 36.2 Å². The van der Waals surface area contributed by atoms with Crippen molar-refractivity contribution < 1.29 is 37.5 Å². The molecule has 0 unspecified atom stereocenters. The van der Waals surface area contributed by atoms with Crippen molar-refractivity contribution in [1.82, 2.24) is 24.2 Å². The zero-order valence-electron chi connectivity index (χ0n) is 16.7. The molecule has 2 bridgehead atoms. The number of carbonyl (C=O) groups excluding carboxylic acids is 1. The molecule has 6 N–H and O–H groups in total. The summed E-state index contributed by atoms with van der Waals surface area (Å²) in [6, 6.07) is 4.18. The first-order valence-corrected chi connectivity index (χ1v) is 11.1. The van der Waals surface area contributed by atoms with Crippen LogP contribution in [0.15, 0.2) is 24.5 Å². The molecule has 2 aliphatic rings. The first kappa shape index (κ1) is 21.5. The molecule has 1 saturated heterocycles. The number of aliphatic hydroxyl groups excluding tert-OH is 2. The van der Waals surface area contributed by atoms with Crippen LogP contribution in [0.25, 0.3) is 11.2 Å². The van der Waals surface area contributed by atoms with E-state index in [0.29, 0.717) is 0 Å². The molecule has 0 spiro atoms. The second-order valence-corrected chi connectivity index (χ2v) is 8.88. The molecule has 15 heteroatoms. The number of nitrogens with two attached hydrogens (primary N) is 1. The van der Waals surface area contributed by atoms with E-state index in [1.807, 2.05) is 0 Å². The highest BCUT2D eigenvalue weighted by Crippen LogP contribution is 2.35. The maximum atomic E-state index is 12.7. The van der Waals surface area contributed by atoms with Gasteiger partial charge in [-0.1, -0.05) is 12.1 Å². The monoisotopic (exact) mass is 478 g/mol. The Hall–Kier alpha value is -3.37. The summed E-state index contributed by atoms with van der Waals surface area (Å²) in [5.74, 6) is -1.34. The quantitative estimate of drug-likeness (QED) is 0.245. The molecule has 0 aliphatic carbocycles. The number of carbonyl (C=O) groups is 1. The molecule has 1 amide bonds. The summed E-state index contributed by atoms with van der Waals surface area (Å²) in [5.41, 5.74) is 6.21. The van der Waals surface area contributed by atoms with Gasteiger partial charge in [0.05, 0.1) is 12.2 Å². The number of nitrogens with one attached hydrogen (secondary N) is 1. The third-order valence-electron chi connectivity index (χ3n) is 5.48. The number of nitrogens with zero attached hydrogens (tertiary/aromatic N) is 4. The van der Waals surface area contributed by atoms with Crippen LogP contribution in [0, 0.1) is 0 Å². The van der Waals surface area contributed by atoms with E-state index >= 15 is 0 Å². The van der Waals surface area contributed by atoms with Crippen LogP contribution < -0.4 is 10.5 Å². The second-order valence-electron chi connectivity index (χ2n) is 7.53. The molecule has 0 radical (unpaired) electrons. The fourth-order valence-electron chi connectivity index (χ4n) is 3.96. The Balaban J connectivity index is 1.75. The Kier molecular flexibility index (Phi) is 4.95. The Labute approximate surface area is 185 Å². The van der Waals surface area contributed by atoms with Gasteiger partial charge in [-0.25, -0.2) is 19.7 Å². The lowest BCUT2D eigenvalue weighted by Crippen LogP contribution is -2.38. The van der Waals surface area contributed by atoms with Gasteiger partial charge in [0.2, 0.25) is 0 Å². The molecule has 0 saturated carbocycles. The number of benzene rings is 1. The Morgan fingerprint density at radius 3 is 2.79 bits per heavy atom. The number of aromatic hydroxyl groups is 1. The van der Waals surface area contributed by atoms with Crippen molar-refractivity contribution in [2.45, 2.75) is 31.0 Å². The van der Waals surface area contributed by atoms with Gasteiger partial charge in [0.15, 0.2) is 23.2 Å². The highest BCUT2D eigenvalue weighted by molar-refractivity contribution is 7.85. The van der Waals surface area contributed by atoms with Gasteiger partial charge in [0, 0.05) is 6.42 Å². The lowest BCUT2D eigenvalue weighted by molar-refractivity contribution is -0.0479. The lowest BCUT2D eigenvalue weighted by Gasteiger charge is -2.20. The molecule has 1 aromatic carbocycles. The number of aliphatic hydroxyl groups is 2. The summed E-state index contributed by atoms with van der Waals surface area (Å²) in [5, 5.41) is 31.4. The maximum Gasteiger partial charge on any atom is 0.362 e.